The van der Waals surface area contributed by atoms with E-state index in [1.54, 1.807) is 12.1 Å². The summed E-state index contributed by atoms with van der Waals surface area (Å²) in [5.74, 6) is 0.236. The molecule has 0 radical (unpaired) electrons. The molecule has 0 aliphatic heterocycles. The van der Waals surface area contributed by atoms with Crippen molar-refractivity contribution in [2.24, 2.45) is 5.16 Å². The van der Waals surface area contributed by atoms with Gasteiger partial charge in [0, 0.05) is 22.3 Å². The maximum absolute atomic E-state index is 9.41. The minimum atomic E-state index is 0.236. The smallest absolute Gasteiger partial charge is 0.115 e. The van der Waals surface area contributed by atoms with Crippen LogP contribution in [0.5, 0.6) is 5.75 Å². The molecule has 1 heterocycles. The normalized spacial score (nSPS) is 11.4. The number of hydrogen-bond acceptors (Lipinski definition) is 3. The minimum Gasteiger partial charge on any atom is -0.508 e. The van der Waals surface area contributed by atoms with Crippen molar-refractivity contribution in [3.63, 3.8) is 0 Å². The fraction of sp³-hybridized carbons (Fsp3) is 0.0625. The van der Waals surface area contributed by atoms with E-state index in [1.165, 1.54) is 6.21 Å². The average Bonchev–Trinajstić information content (AvgIpc) is 2.74. The number of oxime groups is 1. The molecule has 3 rings (SSSR count). The summed E-state index contributed by atoms with van der Waals surface area (Å²) in [4.78, 5) is 0. The van der Waals surface area contributed by atoms with Crippen LogP contribution in [-0.2, 0) is 0 Å². The van der Waals surface area contributed by atoms with Crippen LogP contribution in [0.25, 0.3) is 16.6 Å². The molecule has 0 saturated heterocycles. The van der Waals surface area contributed by atoms with Crippen molar-refractivity contribution in [3.8, 4) is 11.4 Å². The Morgan fingerprint density at radius 2 is 1.75 bits per heavy atom. The highest BCUT2D eigenvalue weighted by Gasteiger charge is 2.13. The van der Waals surface area contributed by atoms with Crippen LogP contribution in [0.15, 0.2) is 53.7 Å². The van der Waals surface area contributed by atoms with Gasteiger partial charge in [-0.25, -0.2) is 0 Å². The van der Waals surface area contributed by atoms with E-state index in [1.807, 2.05) is 43.3 Å². The molecule has 1 aromatic heterocycles. The summed E-state index contributed by atoms with van der Waals surface area (Å²) in [6, 6.07) is 15.0. The predicted octanol–water partition coefficient (Wildman–Crippen LogP) is 3.45. The van der Waals surface area contributed by atoms with Gasteiger partial charge in [0.25, 0.3) is 0 Å². The van der Waals surface area contributed by atoms with Gasteiger partial charge in [-0.1, -0.05) is 23.4 Å². The fourth-order valence-corrected chi connectivity index (χ4v) is 2.55. The fourth-order valence-electron chi connectivity index (χ4n) is 2.55. The molecule has 0 saturated carbocycles. The number of para-hydroxylation sites is 1. The highest BCUT2D eigenvalue weighted by atomic mass is 16.4. The number of hydrogen-bond donors (Lipinski definition) is 2. The third-order valence-corrected chi connectivity index (χ3v) is 3.46. The van der Waals surface area contributed by atoms with Crippen LogP contribution in [0.1, 0.15) is 11.3 Å². The van der Waals surface area contributed by atoms with E-state index in [0.29, 0.717) is 0 Å². The van der Waals surface area contributed by atoms with Crippen LogP contribution in [0.2, 0.25) is 0 Å². The summed E-state index contributed by atoms with van der Waals surface area (Å²) in [6.45, 7) is 1.98. The van der Waals surface area contributed by atoms with Crippen LogP contribution in [-0.4, -0.2) is 21.1 Å². The first kappa shape index (κ1) is 12.3. The van der Waals surface area contributed by atoms with Gasteiger partial charge in [-0.15, -0.1) is 0 Å². The van der Waals surface area contributed by atoms with Crippen molar-refractivity contribution in [1.82, 2.24) is 4.57 Å². The molecule has 20 heavy (non-hydrogen) atoms. The van der Waals surface area contributed by atoms with Crippen molar-refractivity contribution < 1.29 is 10.3 Å². The highest BCUT2D eigenvalue weighted by molar-refractivity contribution is 6.01. The van der Waals surface area contributed by atoms with Crippen molar-refractivity contribution in [3.05, 3.63) is 59.8 Å². The van der Waals surface area contributed by atoms with Gasteiger partial charge in [-0.3, -0.25) is 0 Å². The molecule has 0 aliphatic rings. The topological polar surface area (TPSA) is 57.8 Å². The Morgan fingerprint density at radius 1 is 1.05 bits per heavy atom. The van der Waals surface area contributed by atoms with Gasteiger partial charge in [-0.2, -0.15) is 0 Å². The van der Waals surface area contributed by atoms with Gasteiger partial charge in [0.1, 0.15) is 5.75 Å². The van der Waals surface area contributed by atoms with Crippen LogP contribution in [0.4, 0.5) is 0 Å². The number of benzene rings is 2. The summed E-state index contributed by atoms with van der Waals surface area (Å²) < 4.78 is 2.08. The van der Waals surface area contributed by atoms with E-state index >= 15 is 0 Å². The first-order chi connectivity index (χ1) is 9.72. The molecule has 2 N–H and O–H groups in total. The Balaban J connectivity index is 2.35. The highest BCUT2D eigenvalue weighted by Crippen LogP contribution is 2.28. The van der Waals surface area contributed by atoms with Gasteiger partial charge < -0.3 is 14.9 Å². The van der Waals surface area contributed by atoms with Crippen molar-refractivity contribution >= 4 is 17.1 Å². The summed E-state index contributed by atoms with van der Waals surface area (Å²) in [7, 11) is 0. The largest absolute Gasteiger partial charge is 0.508 e. The standard InChI is InChI=1S/C16H14N2O2/c1-11-15(10-17-20)14-4-2-3-5-16(14)18(11)12-6-8-13(19)9-7-12/h2-10,19-20H,1H3/b17-10+. The summed E-state index contributed by atoms with van der Waals surface area (Å²) in [6.07, 6.45) is 1.45. The number of aromatic hydroxyl groups is 1. The van der Waals surface area contributed by atoms with E-state index in [2.05, 4.69) is 9.72 Å². The molecular weight excluding hydrogens is 252 g/mol. The van der Waals surface area contributed by atoms with E-state index in [0.717, 1.165) is 27.8 Å². The Morgan fingerprint density at radius 3 is 2.45 bits per heavy atom. The molecular formula is C16H14N2O2. The molecule has 0 atom stereocenters. The molecule has 2 aromatic carbocycles. The van der Waals surface area contributed by atoms with E-state index in [-0.39, 0.29) is 5.75 Å². The molecule has 3 aromatic rings. The molecule has 0 spiro atoms. The van der Waals surface area contributed by atoms with Crippen molar-refractivity contribution in [2.45, 2.75) is 6.92 Å². The Kier molecular flexibility index (Phi) is 2.91. The van der Waals surface area contributed by atoms with E-state index in [4.69, 9.17) is 5.21 Å². The number of aromatic nitrogens is 1. The van der Waals surface area contributed by atoms with Gasteiger partial charge in [-0.05, 0) is 37.3 Å². The van der Waals surface area contributed by atoms with Gasteiger partial charge in [0.2, 0.25) is 0 Å². The zero-order valence-corrected chi connectivity index (χ0v) is 11.0. The lowest BCUT2D eigenvalue weighted by Crippen LogP contribution is -1.97. The van der Waals surface area contributed by atoms with E-state index < -0.39 is 0 Å². The second kappa shape index (κ2) is 4.74. The Labute approximate surface area is 116 Å². The lowest BCUT2D eigenvalue weighted by Gasteiger charge is -2.08. The lowest BCUT2D eigenvalue weighted by atomic mass is 10.1. The van der Waals surface area contributed by atoms with Crippen LogP contribution in [0, 0.1) is 6.92 Å². The Bertz CT molecular complexity index is 786. The molecule has 0 fully saturated rings. The second-order valence-corrected chi connectivity index (χ2v) is 4.61. The molecule has 4 heteroatoms. The monoisotopic (exact) mass is 266 g/mol. The zero-order valence-electron chi connectivity index (χ0n) is 11.0. The summed E-state index contributed by atoms with van der Waals surface area (Å²) >= 11 is 0. The summed E-state index contributed by atoms with van der Waals surface area (Å²) in [5, 5.41) is 22.4. The number of nitrogens with zero attached hydrogens (tertiary/aromatic N) is 2. The summed E-state index contributed by atoms with van der Waals surface area (Å²) in [5.41, 5.74) is 3.85. The maximum Gasteiger partial charge on any atom is 0.115 e. The molecule has 4 nitrogen and oxygen atoms in total. The maximum atomic E-state index is 9.41. The predicted molar refractivity (Wildman–Crippen MR) is 79.1 cm³/mol. The van der Waals surface area contributed by atoms with Crippen LogP contribution >= 0.6 is 0 Å². The van der Waals surface area contributed by atoms with Crippen LogP contribution < -0.4 is 0 Å². The number of rotatable bonds is 2. The molecule has 0 amide bonds. The zero-order chi connectivity index (χ0) is 14.1. The molecule has 0 bridgehead atoms. The van der Waals surface area contributed by atoms with Crippen LogP contribution in [0.3, 0.4) is 0 Å². The Hall–Kier alpha value is -2.75. The lowest BCUT2D eigenvalue weighted by molar-refractivity contribution is 0.322. The molecule has 0 unspecified atom stereocenters. The number of fused-ring (bicyclic) bond motifs is 1. The van der Waals surface area contributed by atoms with Crippen molar-refractivity contribution in [2.75, 3.05) is 0 Å². The van der Waals surface area contributed by atoms with Gasteiger partial charge in [0.05, 0.1) is 11.7 Å². The van der Waals surface area contributed by atoms with Gasteiger partial charge >= 0.3 is 0 Å². The quantitative estimate of drug-likeness (QED) is 0.424. The number of phenols is 1. The van der Waals surface area contributed by atoms with Gasteiger partial charge in [0.15, 0.2) is 0 Å². The van der Waals surface area contributed by atoms with E-state index in [9.17, 15) is 5.11 Å². The average molecular weight is 266 g/mol. The molecule has 0 aliphatic carbocycles. The third kappa shape index (κ3) is 1.82. The minimum absolute atomic E-state index is 0.236. The SMILES string of the molecule is Cc1c(/C=N/O)c2ccccc2n1-c1ccc(O)cc1. The van der Waals surface area contributed by atoms with Crippen molar-refractivity contribution in [1.29, 1.82) is 0 Å². The first-order valence-electron chi connectivity index (χ1n) is 6.29. The number of phenolic OH excluding ortho intramolecular Hbond substituents is 1. The second-order valence-electron chi connectivity index (χ2n) is 4.61. The molecule has 100 valence electrons. The third-order valence-electron chi connectivity index (χ3n) is 3.46. The first-order valence-corrected chi connectivity index (χ1v) is 6.29.